The fraction of sp³-hybridized carbons (Fsp3) is 0.667. The Kier molecular flexibility index (Phi) is 8.26. The van der Waals surface area contributed by atoms with Crippen LogP contribution in [0.15, 0.2) is 22.8 Å². The van der Waals surface area contributed by atoms with Crippen LogP contribution in [0.2, 0.25) is 0 Å². The molecule has 1 N–H and O–H groups in total. The van der Waals surface area contributed by atoms with Crippen LogP contribution in [0.5, 0.6) is 0 Å². The lowest BCUT2D eigenvalue weighted by Gasteiger charge is -2.19. The number of halogens is 1. The number of rotatable bonds is 9. The Morgan fingerprint density at radius 2 is 2.05 bits per heavy atom. The van der Waals surface area contributed by atoms with E-state index >= 15 is 0 Å². The van der Waals surface area contributed by atoms with Gasteiger partial charge in [0, 0.05) is 23.3 Å². The summed E-state index contributed by atoms with van der Waals surface area (Å²) in [7, 11) is 0. The van der Waals surface area contributed by atoms with Gasteiger partial charge >= 0.3 is 0 Å². The maximum Gasteiger partial charge on any atom is 0.0542 e. The molecule has 19 heavy (non-hydrogen) atoms. The fourth-order valence-corrected chi connectivity index (χ4v) is 2.29. The molecule has 1 unspecified atom stereocenters. The van der Waals surface area contributed by atoms with Gasteiger partial charge in [0.15, 0.2) is 0 Å². The van der Waals surface area contributed by atoms with Crippen LogP contribution in [0.3, 0.4) is 0 Å². The largest absolute Gasteiger partial charge is 0.309 e. The summed E-state index contributed by atoms with van der Waals surface area (Å²) in [6.45, 7) is 11.1. The van der Waals surface area contributed by atoms with Crippen molar-refractivity contribution in [2.75, 3.05) is 19.6 Å². The average Bonchev–Trinajstić information content (AvgIpc) is 2.43. The Labute approximate surface area is 125 Å². The maximum atomic E-state index is 4.37. The molecule has 0 bridgehead atoms. The van der Waals surface area contributed by atoms with Gasteiger partial charge in [-0.1, -0.05) is 13.8 Å². The third kappa shape index (κ3) is 7.04. The molecule has 0 saturated heterocycles. The minimum Gasteiger partial charge on any atom is -0.309 e. The van der Waals surface area contributed by atoms with Crippen molar-refractivity contribution in [3.63, 3.8) is 0 Å². The highest BCUT2D eigenvalue weighted by Crippen LogP contribution is 2.07. The van der Waals surface area contributed by atoms with Crippen molar-refractivity contribution < 1.29 is 0 Å². The van der Waals surface area contributed by atoms with Crippen molar-refractivity contribution in [3.8, 4) is 0 Å². The van der Waals surface area contributed by atoms with Crippen LogP contribution in [-0.4, -0.2) is 35.6 Å². The third-order valence-electron chi connectivity index (χ3n) is 3.43. The van der Waals surface area contributed by atoms with Crippen LogP contribution in [0.25, 0.3) is 0 Å². The lowest BCUT2D eigenvalue weighted by atomic mass is 10.1. The Bertz CT molecular complexity index is 336. The van der Waals surface area contributed by atoms with Crippen LogP contribution in [0, 0.1) is 0 Å². The second kappa shape index (κ2) is 9.45. The predicted molar refractivity (Wildman–Crippen MR) is 85.3 cm³/mol. The first-order chi connectivity index (χ1) is 9.15. The lowest BCUT2D eigenvalue weighted by molar-refractivity contribution is 0.290. The van der Waals surface area contributed by atoms with Gasteiger partial charge in [-0.3, -0.25) is 4.98 Å². The van der Waals surface area contributed by atoms with E-state index in [1.807, 2.05) is 12.3 Å². The third-order valence-corrected chi connectivity index (χ3v) is 3.90. The molecule has 0 aliphatic rings. The molecular weight excluding hydrogens is 302 g/mol. The number of pyridine rings is 1. The Morgan fingerprint density at radius 3 is 2.63 bits per heavy atom. The summed E-state index contributed by atoms with van der Waals surface area (Å²) in [6, 6.07) is 4.63. The van der Waals surface area contributed by atoms with E-state index in [1.54, 1.807) is 0 Å². The molecule has 1 atom stereocenters. The quantitative estimate of drug-likeness (QED) is 0.753. The number of hydrogen-bond acceptors (Lipinski definition) is 3. The molecule has 0 amide bonds. The SMILES string of the molecule is CCN(CC)CCCC(C)NCc1ccc(Br)cn1. The summed E-state index contributed by atoms with van der Waals surface area (Å²) in [5.41, 5.74) is 1.10. The molecule has 0 aliphatic carbocycles. The van der Waals surface area contributed by atoms with Crippen molar-refractivity contribution in [3.05, 3.63) is 28.5 Å². The molecular formula is C15H26BrN3. The van der Waals surface area contributed by atoms with Gasteiger partial charge in [0.2, 0.25) is 0 Å². The molecule has 0 aliphatic heterocycles. The molecule has 0 radical (unpaired) electrons. The van der Waals surface area contributed by atoms with Crippen LogP contribution < -0.4 is 5.32 Å². The molecule has 108 valence electrons. The van der Waals surface area contributed by atoms with Gasteiger partial charge in [0.05, 0.1) is 5.69 Å². The molecule has 0 fully saturated rings. The van der Waals surface area contributed by atoms with Gasteiger partial charge < -0.3 is 10.2 Å². The summed E-state index contributed by atoms with van der Waals surface area (Å²) in [6.07, 6.45) is 4.32. The van der Waals surface area contributed by atoms with Crippen LogP contribution in [0.1, 0.15) is 39.3 Å². The van der Waals surface area contributed by atoms with E-state index in [1.165, 1.54) is 19.4 Å². The minimum absolute atomic E-state index is 0.543. The van der Waals surface area contributed by atoms with E-state index in [4.69, 9.17) is 0 Å². The number of hydrogen-bond donors (Lipinski definition) is 1. The van der Waals surface area contributed by atoms with Gasteiger partial charge in [-0.05, 0) is 67.5 Å². The summed E-state index contributed by atoms with van der Waals surface area (Å²) in [5.74, 6) is 0. The van der Waals surface area contributed by atoms with E-state index in [9.17, 15) is 0 Å². The highest BCUT2D eigenvalue weighted by atomic mass is 79.9. The molecule has 0 spiro atoms. The Balaban J connectivity index is 2.17. The highest BCUT2D eigenvalue weighted by molar-refractivity contribution is 9.10. The van der Waals surface area contributed by atoms with E-state index < -0.39 is 0 Å². The Morgan fingerprint density at radius 1 is 1.32 bits per heavy atom. The maximum absolute atomic E-state index is 4.37. The minimum atomic E-state index is 0.543. The van der Waals surface area contributed by atoms with Crippen LogP contribution in [0.4, 0.5) is 0 Å². The topological polar surface area (TPSA) is 28.2 Å². The number of nitrogens with zero attached hydrogens (tertiary/aromatic N) is 2. The molecule has 3 nitrogen and oxygen atoms in total. The van der Waals surface area contributed by atoms with Crippen molar-refractivity contribution in [1.82, 2.24) is 15.2 Å². The second-order valence-electron chi connectivity index (χ2n) is 4.92. The smallest absolute Gasteiger partial charge is 0.0542 e. The zero-order valence-corrected chi connectivity index (χ0v) is 13.9. The number of aromatic nitrogens is 1. The molecule has 1 aromatic heterocycles. The lowest BCUT2D eigenvalue weighted by Crippen LogP contribution is -2.29. The van der Waals surface area contributed by atoms with Gasteiger partial charge in [0.25, 0.3) is 0 Å². The first kappa shape index (κ1) is 16.6. The Hall–Kier alpha value is -0.450. The second-order valence-corrected chi connectivity index (χ2v) is 5.83. The predicted octanol–water partition coefficient (Wildman–Crippen LogP) is 3.44. The van der Waals surface area contributed by atoms with Gasteiger partial charge in [0.1, 0.15) is 0 Å². The van der Waals surface area contributed by atoms with Crippen molar-refractivity contribution in [1.29, 1.82) is 0 Å². The monoisotopic (exact) mass is 327 g/mol. The average molecular weight is 328 g/mol. The van der Waals surface area contributed by atoms with Gasteiger partial charge in [-0.25, -0.2) is 0 Å². The fourth-order valence-electron chi connectivity index (χ4n) is 2.05. The van der Waals surface area contributed by atoms with E-state index in [0.29, 0.717) is 6.04 Å². The molecule has 1 rings (SSSR count). The van der Waals surface area contributed by atoms with Crippen LogP contribution in [-0.2, 0) is 6.54 Å². The first-order valence-electron chi connectivity index (χ1n) is 7.21. The molecule has 0 saturated carbocycles. The normalized spacial score (nSPS) is 12.9. The van der Waals surface area contributed by atoms with Gasteiger partial charge in [-0.2, -0.15) is 0 Å². The summed E-state index contributed by atoms with van der Waals surface area (Å²) >= 11 is 3.40. The summed E-state index contributed by atoms with van der Waals surface area (Å²) in [5, 5.41) is 3.53. The first-order valence-corrected chi connectivity index (χ1v) is 8.01. The van der Waals surface area contributed by atoms with Crippen LogP contribution >= 0.6 is 15.9 Å². The molecule has 1 heterocycles. The van der Waals surface area contributed by atoms with E-state index in [0.717, 1.165) is 29.8 Å². The van der Waals surface area contributed by atoms with E-state index in [-0.39, 0.29) is 0 Å². The van der Waals surface area contributed by atoms with Crippen molar-refractivity contribution in [2.24, 2.45) is 0 Å². The summed E-state index contributed by atoms with van der Waals surface area (Å²) < 4.78 is 1.03. The van der Waals surface area contributed by atoms with Crippen molar-refractivity contribution in [2.45, 2.75) is 46.2 Å². The molecule has 0 aromatic carbocycles. The highest BCUT2D eigenvalue weighted by Gasteiger charge is 2.04. The van der Waals surface area contributed by atoms with E-state index in [2.05, 4.69) is 58.0 Å². The van der Waals surface area contributed by atoms with Crippen molar-refractivity contribution >= 4 is 15.9 Å². The zero-order valence-electron chi connectivity index (χ0n) is 12.3. The molecule has 1 aromatic rings. The van der Waals surface area contributed by atoms with Gasteiger partial charge in [-0.15, -0.1) is 0 Å². The zero-order chi connectivity index (χ0) is 14.1. The standard InChI is InChI=1S/C15H26BrN3/c1-4-19(5-2)10-6-7-13(3)17-12-15-9-8-14(16)11-18-15/h8-9,11,13,17H,4-7,10,12H2,1-3H3. The summed E-state index contributed by atoms with van der Waals surface area (Å²) in [4.78, 5) is 6.84. The molecule has 4 heteroatoms. The number of nitrogens with one attached hydrogen (secondary N) is 1.